The molecule has 0 amide bonds. The van der Waals surface area contributed by atoms with Crippen LogP contribution in [0.3, 0.4) is 0 Å². The van der Waals surface area contributed by atoms with Crippen LogP contribution in [-0.2, 0) is 6.54 Å². The van der Waals surface area contributed by atoms with Gasteiger partial charge in [-0.25, -0.2) is 4.98 Å². The Morgan fingerprint density at radius 1 is 1.11 bits per heavy atom. The van der Waals surface area contributed by atoms with Gasteiger partial charge in [-0.1, -0.05) is 24.3 Å². The molecule has 5 nitrogen and oxygen atoms in total. The SMILES string of the molecule is COc1cccc(C(CNCc2ccc(-n3ccnc3)cc2)N2CCCC2)c1. The number of methoxy groups -OCH3 is 1. The molecule has 0 spiro atoms. The van der Waals surface area contributed by atoms with E-state index < -0.39 is 0 Å². The monoisotopic (exact) mass is 376 g/mol. The van der Waals surface area contributed by atoms with Crippen molar-refractivity contribution < 1.29 is 4.74 Å². The first-order valence-corrected chi connectivity index (χ1v) is 9.99. The van der Waals surface area contributed by atoms with Gasteiger partial charge in [-0.2, -0.15) is 0 Å². The van der Waals surface area contributed by atoms with E-state index in [1.165, 1.54) is 37.1 Å². The van der Waals surface area contributed by atoms with Crippen LogP contribution in [0.5, 0.6) is 5.75 Å². The van der Waals surface area contributed by atoms with Crippen molar-refractivity contribution in [2.75, 3.05) is 26.7 Å². The number of benzene rings is 2. The molecule has 1 fully saturated rings. The number of nitrogens with one attached hydrogen (secondary N) is 1. The molecule has 2 aromatic carbocycles. The number of hydrogen-bond acceptors (Lipinski definition) is 4. The highest BCUT2D eigenvalue weighted by Gasteiger charge is 2.23. The van der Waals surface area contributed by atoms with Crippen molar-refractivity contribution in [3.8, 4) is 11.4 Å². The molecule has 3 aromatic rings. The smallest absolute Gasteiger partial charge is 0.119 e. The van der Waals surface area contributed by atoms with E-state index in [1.807, 2.05) is 23.2 Å². The fourth-order valence-corrected chi connectivity index (χ4v) is 3.91. The van der Waals surface area contributed by atoms with Gasteiger partial charge in [0.1, 0.15) is 5.75 Å². The van der Waals surface area contributed by atoms with Gasteiger partial charge in [0.15, 0.2) is 0 Å². The maximum Gasteiger partial charge on any atom is 0.119 e. The Morgan fingerprint density at radius 2 is 1.93 bits per heavy atom. The topological polar surface area (TPSA) is 42.3 Å². The normalized spacial score (nSPS) is 15.6. The molecule has 1 unspecified atom stereocenters. The summed E-state index contributed by atoms with van der Waals surface area (Å²) in [7, 11) is 1.73. The van der Waals surface area contributed by atoms with Crippen molar-refractivity contribution >= 4 is 0 Å². The molecule has 1 aliphatic heterocycles. The third-order valence-electron chi connectivity index (χ3n) is 5.47. The molecule has 0 saturated carbocycles. The average Bonchev–Trinajstić information content (AvgIpc) is 3.46. The van der Waals surface area contributed by atoms with Gasteiger partial charge < -0.3 is 14.6 Å². The highest BCUT2D eigenvalue weighted by molar-refractivity contribution is 5.34. The van der Waals surface area contributed by atoms with Crippen LogP contribution in [0, 0.1) is 0 Å². The van der Waals surface area contributed by atoms with E-state index in [0.717, 1.165) is 24.5 Å². The first kappa shape index (κ1) is 18.7. The molecular weight excluding hydrogens is 348 g/mol. The van der Waals surface area contributed by atoms with Crippen LogP contribution in [0.4, 0.5) is 0 Å². The summed E-state index contributed by atoms with van der Waals surface area (Å²) in [6, 6.07) is 17.5. The van der Waals surface area contributed by atoms with Gasteiger partial charge in [0.25, 0.3) is 0 Å². The fourth-order valence-electron chi connectivity index (χ4n) is 3.91. The predicted molar refractivity (Wildman–Crippen MR) is 112 cm³/mol. The molecule has 2 heterocycles. The predicted octanol–water partition coefficient (Wildman–Crippen LogP) is 3.81. The second kappa shape index (κ2) is 9.04. The number of likely N-dealkylation sites (tertiary alicyclic amines) is 1. The zero-order chi connectivity index (χ0) is 19.2. The lowest BCUT2D eigenvalue weighted by atomic mass is 10.0. The summed E-state index contributed by atoms with van der Waals surface area (Å²) in [6.07, 6.45) is 8.16. The van der Waals surface area contributed by atoms with Gasteiger partial charge in [0.2, 0.25) is 0 Å². The zero-order valence-corrected chi connectivity index (χ0v) is 16.4. The van der Waals surface area contributed by atoms with Crippen LogP contribution in [0.15, 0.2) is 67.3 Å². The van der Waals surface area contributed by atoms with Crippen LogP contribution in [-0.4, -0.2) is 41.2 Å². The lowest BCUT2D eigenvalue weighted by molar-refractivity contribution is 0.238. The third kappa shape index (κ3) is 4.43. The van der Waals surface area contributed by atoms with E-state index >= 15 is 0 Å². The van der Waals surface area contributed by atoms with Crippen molar-refractivity contribution in [3.63, 3.8) is 0 Å². The second-order valence-electron chi connectivity index (χ2n) is 7.30. The van der Waals surface area contributed by atoms with Gasteiger partial charge >= 0.3 is 0 Å². The largest absolute Gasteiger partial charge is 0.497 e. The first-order valence-electron chi connectivity index (χ1n) is 9.99. The van der Waals surface area contributed by atoms with Crippen LogP contribution in [0.1, 0.15) is 30.0 Å². The maximum atomic E-state index is 5.44. The Morgan fingerprint density at radius 3 is 2.64 bits per heavy atom. The van der Waals surface area contributed by atoms with Gasteiger partial charge in [-0.3, -0.25) is 4.90 Å². The van der Waals surface area contributed by atoms with E-state index in [-0.39, 0.29) is 0 Å². The number of aromatic nitrogens is 2. The summed E-state index contributed by atoms with van der Waals surface area (Å²) in [6.45, 7) is 4.13. The number of imidazole rings is 1. The number of ether oxygens (including phenoxy) is 1. The molecular formula is C23H28N4O. The van der Waals surface area contributed by atoms with Crippen LogP contribution in [0.25, 0.3) is 5.69 Å². The van der Waals surface area contributed by atoms with Gasteiger partial charge in [0, 0.05) is 37.2 Å². The van der Waals surface area contributed by atoms with E-state index in [9.17, 15) is 0 Å². The van der Waals surface area contributed by atoms with Crippen molar-refractivity contribution in [2.45, 2.75) is 25.4 Å². The molecule has 0 aliphatic carbocycles. The Kier molecular flexibility index (Phi) is 6.04. The lowest BCUT2D eigenvalue weighted by Gasteiger charge is -2.28. The number of nitrogens with zero attached hydrogens (tertiary/aromatic N) is 3. The Balaban J connectivity index is 1.40. The molecule has 0 bridgehead atoms. The summed E-state index contributed by atoms with van der Waals surface area (Å²) in [5.74, 6) is 0.928. The molecule has 5 heteroatoms. The summed E-state index contributed by atoms with van der Waals surface area (Å²) in [5, 5.41) is 3.67. The first-order chi connectivity index (χ1) is 13.8. The quantitative estimate of drug-likeness (QED) is 0.649. The maximum absolute atomic E-state index is 5.44. The Labute approximate surface area is 167 Å². The summed E-state index contributed by atoms with van der Waals surface area (Å²) < 4.78 is 7.46. The van der Waals surface area contributed by atoms with Gasteiger partial charge in [0.05, 0.1) is 13.4 Å². The average molecular weight is 377 g/mol. The molecule has 28 heavy (non-hydrogen) atoms. The van der Waals surface area contributed by atoms with Gasteiger partial charge in [-0.15, -0.1) is 0 Å². The number of rotatable bonds is 8. The molecule has 146 valence electrons. The van der Waals surface area contributed by atoms with E-state index in [2.05, 4.69) is 57.7 Å². The zero-order valence-electron chi connectivity index (χ0n) is 16.4. The van der Waals surface area contributed by atoms with Crippen molar-refractivity contribution in [1.29, 1.82) is 0 Å². The Bertz CT molecular complexity index is 855. The lowest BCUT2D eigenvalue weighted by Crippen LogP contribution is -2.34. The molecule has 1 saturated heterocycles. The van der Waals surface area contributed by atoms with Crippen molar-refractivity contribution in [1.82, 2.24) is 19.8 Å². The minimum atomic E-state index is 0.378. The third-order valence-corrected chi connectivity index (χ3v) is 5.47. The van der Waals surface area contributed by atoms with Crippen LogP contribution in [0.2, 0.25) is 0 Å². The highest BCUT2D eigenvalue weighted by atomic mass is 16.5. The summed E-state index contributed by atoms with van der Waals surface area (Å²) in [4.78, 5) is 6.69. The number of hydrogen-bond donors (Lipinski definition) is 1. The van der Waals surface area contributed by atoms with Gasteiger partial charge in [-0.05, 0) is 61.3 Å². The van der Waals surface area contributed by atoms with Crippen molar-refractivity contribution in [2.24, 2.45) is 0 Å². The summed E-state index contributed by atoms with van der Waals surface area (Å²) >= 11 is 0. The fraction of sp³-hybridized carbons (Fsp3) is 0.348. The molecule has 4 rings (SSSR count). The minimum absolute atomic E-state index is 0.378. The van der Waals surface area contributed by atoms with E-state index in [1.54, 1.807) is 13.3 Å². The second-order valence-corrected chi connectivity index (χ2v) is 7.30. The molecule has 1 aliphatic rings. The summed E-state index contributed by atoms with van der Waals surface area (Å²) in [5.41, 5.74) is 3.74. The molecule has 1 N–H and O–H groups in total. The van der Waals surface area contributed by atoms with Crippen molar-refractivity contribution in [3.05, 3.63) is 78.4 Å². The molecule has 0 radical (unpaired) electrons. The highest BCUT2D eigenvalue weighted by Crippen LogP contribution is 2.27. The molecule has 1 aromatic heterocycles. The Hall–Kier alpha value is -2.63. The minimum Gasteiger partial charge on any atom is -0.497 e. The van der Waals surface area contributed by atoms with Crippen LogP contribution < -0.4 is 10.1 Å². The van der Waals surface area contributed by atoms with E-state index in [4.69, 9.17) is 4.74 Å². The molecule has 1 atom stereocenters. The van der Waals surface area contributed by atoms with E-state index in [0.29, 0.717) is 6.04 Å². The van der Waals surface area contributed by atoms with Crippen LogP contribution >= 0.6 is 0 Å². The standard InChI is InChI=1S/C23H28N4O/c1-28-22-6-4-5-20(15-22)23(26-12-2-3-13-26)17-25-16-19-7-9-21(10-8-19)27-14-11-24-18-27/h4-11,14-15,18,23,25H,2-3,12-13,16-17H2,1H3.